The summed E-state index contributed by atoms with van der Waals surface area (Å²) in [4.78, 5) is 0. The van der Waals surface area contributed by atoms with E-state index in [4.69, 9.17) is 4.74 Å². The average Bonchev–Trinajstić information content (AvgIpc) is 2.33. The van der Waals surface area contributed by atoms with Crippen molar-refractivity contribution in [3.63, 3.8) is 0 Å². The van der Waals surface area contributed by atoms with Gasteiger partial charge in [0.25, 0.3) is 0 Å². The van der Waals surface area contributed by atoms with Crippen LogP contribution in [-0.2, 0) is 4.74 Å². The van der Waals surface area contributed by atoms with Crippen molar-refractivity contribution in [1.82, 2.24) is 0 Å². The van der Waals surface area contributed by atoms with Gasteiger partial charge in [0.2, 0.25) is 0 Å². The van der Waals surface area contributed by atoms with Crippen LogP contribution in [0.15, 0.2) is 0 Å². The second-order valence-electron chi connectivity index (χ2n) is 6.44. The van der Waals surface area contributed by atoms with Gasteiger partial charge in [0.15, 0.2) is 0 Å². The fraction of sp³-hybridized carbons (Fsp3) is 1.00. The largest absolute Gasteiger partial charge is 0.393 e. The standard InChI is InChI=1S/C15H28O2/c1-11(2)13-3-4-15(16)14(10-13)9-12-5-7-17-8-6-12/h11-16H,3-10H2,1-2H3. The van der Waals surface area contributed by atoms with Crippen molar-refractivity contribution in [2.24, 2.45) is 23.7 Å². The highest BCUT2D eigenvalue weighted by atomic mass is 16.5. The topological polar surface area (TPSA) is 29.5 Å². The minimum atomic E-state index is -0.0344. The molecule has 2 rings (SSSR count). The lowest BCUT2D eigenvalue weighted by Gasteiger charge is -2.37. The summed E-state index contributed by atoms with van der Waals surface area (Å²) in [6, 6.07) is 0. The van der Waals surface area contributed by atoms with Gasteiger partial charge in [-0.15, -0.1) is 0 Å². The molecule has 3 atom stereocenters. The van der Waals surface area contributed by atoms with E-state index in [1.165, 1.54) is 32.1 Å². The molecule has 2 heteroatoms. The molecular formula is C15H28O2. The van der Waals surface area contributed by atoms with Gasteiger partial charge in [0, 0.05) is 13.2 Å². The number of ether oxygens (including phenoxy) is 1. The van der Waals surface area contributed by atoms with Crippen molar-refractivity contribution in [2.75, 3.05) is 13.2 Å². The number of hydrogen-bond donors (Lipinski definition) is 1. The molecule has 0 aromatic rings. The van der Waals surface area contributed by atoms with Crippen molar-refractivity contribution >= 4 is 0 Å². The Balaban J connectivity index is 1.84. The molecule has 2 aliphatic rings. The van der Waals surface area contributed by atoms with Gasteiger partial charge >= 0.3 is 0 Å². The molecule has 1 heterocycles. The van der Waals surface area contributed by atoms with Crippen LogP contribution < -0.4 is 0 Å². The maximum absolute atomic E-state index is 10.2. The lowest BCUT2D eigenvalue weighted by atomic mass is 9.71. The fourth-order valence-corrected chi connectivity index (χ4v) is 3.55. The number of rotatable bonds is 3. The average molecular weight is 240 g/mol. The molecule has 100 valence electrons. The summed E-state index contributed by atoms with van der Waals surface area (Å²) in [6.45, 7) is 6.52. The molecule has 0 radical (unpaired) electrons. The number of aliphatic hydroxyl groups excluding tert-OH is 1. The van der Waals surface area contributed by atoms with Crippen LogP contribution in [0.2, 0.25) is 0 Å². The van der Waals surface area contributed by atoms with E-state index in [1.807, 2.05) is 0 Å². The van der Waals surface area contributed by atoms with Crippen LogP contribution in [0.4, 0.5) is 0 Å². The molecule has 17 heavy (non-hydrogen) atoms. The Morgan fingerprint density at radius 1 is 1.12 bits per heavy atom. The van der Waals surface area contributed by atoms with Gasteiger partial charge in [-0.05, 0) is 62.2 Å². The van der Waals surface area contributed by atoms with Crippen LogP contribution in [-0.4, -0.2) is 24.4 Å². The molecule has 1 saturated carbocycles. The van der Waals surface area contributed by atoms with Crippen molar-refractivity contribution in [3.05, 3.63) is 0 Å². The van der Waals surface area contributed by atoms with Crippen molar-refractivity contribution in [3.8, 4) is 0 Å². The number of hydrogen-bond acceptors (Lipinski definition) is 2. The first kappa shape index (κ1) is 13.4. The number of aliphatic hydroxyl groups is 1. The van der Waals surface area contributed by atoms with Gasteiger partial charge in [-0.25, -0.2) is 0 Å². The van der Waals surface area contributed by atoms with Crippen LogP contribution >= 0.6 is 0 Å². The van der Waals surface area contributed by atoms with Crippen molar-refractivity contribution in [2.45, 2.75) is 58.5 Å². The summed E-state index contributed by atoms with van der Waals surface area (Å²) in [5, 5.41) is 10.2. The lowest BCUT2D eigenvalue weighted by Crippen LogP contribution is -2.33. The molecule has 0 amide bonds. The minimum Gasteiger partial charge on any atom is -0.393 e. The summed E-state index contributed by atoms with van der Waals surface area (Å²) >= 11 is 0. The smallest absolute Gasteiger partial charge is 0.0568 e. The molecule has 2 fully saturated rings. The van der Waals surface area contributed by atoms with Crippen LogP contribution in [0.25, 0.3) is 0 Å². The summed E-state index contributed by atoms with van der Waals surface area (Å²) < 4.78 is 5.41. The van der Waals surface area contributed by atoms with Crippen LogP contribution in [0.1, 0.15) is 52.4 Å². The third-order valence-corrected chi connectivity index (χ3v) is 4.90. The molecular weight excluding hydrogens is 212 g/mol. The highest BCUT2D eigenvalue weighted by Crippen LogP contribution is 2.38. The highest BCUT2D eigenvalue weighted by Gasteiger charge is 2.32. The SMILES string of the molecule is CC(C)C1CCC(O)C(CC2CCOCC2)C1. The maximum Gasteiger partial charge on any atom is 0.0568 e. The van der Waals surface area contributed by atoms with Gasteiger partial charge in [-0.1, -0.05) is 13.8 Å². The maximum atomic E-state index is 10.2. The van der Waals surface area contributed by atoms with Gasteiger partial charge in [-0.2, -0.15) is 0 Å². The van der Waals surface area contributed by atoms with E-state index < -0.39 is 0 Å². The Morgan fingerprint density at radius 2 is 1.82 bits per heavy atom. The third-order valence-electron chi connectivity index (χ3n) is 4.90. The Morgan fingerprint density at radius 3 is 2.47 bits per heavy atom. The fourth-order valence-electron chi connectivity index (χ4n) is 3.55. The molecule has 0 bridgehead atoms. The van der Waals surface area contributed by atoms with Gasteiger partial charge < -0.3 is 9.84 Å². The second kappa shape index (κ2) is 6.19. The Bertz CT molecular complexity index is 221. The molecule has 1 aliphatic heterocycles. The van der Waals surface area contributed by atoms with Gasteiger partial charge in [0.1, 0.15) is 0 Å². The molecule has 1 saturated heterocycles. The minimum absolute atomic E-state index is 0.0344. The van der Waals surface area contributed by atoms with E-state index in [0.717, 1.165) is 37.4 Å². The zero-order valence-electron chi connectivity index (χ0n) is 11.4. The first-order valence-corrected chi connectivity index (χ1v) is 7.42. The Labute approximate surface area is 106 Å². The Kier molecular flexibility index (Phi) is 4.87. The third kappa shape index (κ3) is 3.69. The molecule has 1 N–H and O–H groups in total. The van der Waals surface area contributed by atoms with Crippen LogP contribution in [0, 0.1) is 23.7 Å². The van der Waals surface area contributed by atoms with Crippen LogP contribution in [0.3, 0.4) is 0 Å². The monoisotopic (exact) mass is 240 g/mol. The van der Waals surface area contributed by atoms with Crippen LogP contribution in [0.5, 0.6) is 0 Å². The molecule has 0 spiro atoms. The quantitative estimate of drug-likeness (QED) is 0.820. The summed E-state index contributed by atoms with van der Waals surface area (Å²) in [6.07, 6.45) is 7.10. The molecule has 0 aromatic heterocycles. The Hall–Kier alpha value is -0.0800. The van der Waals surface area contributed by atoms with E-state index in [1.54, 1.807) is 0 Å². The molecule has 2 nitrogen and oxygen atoms in total. The van der Waals surface area contributed by atoms with E-state index in [-0.39, 0.29) is 6.10 Å². The predicted molar refractivity (Wildman–Crippen MR) is 69.8 cm³/mol. The lowest BCUT2D eigenvalue weighted by molar-refractivity contribution is 0.00576. The van der Waals surface area contributed by atoms with E-state index in [9.17, 15) is 5.11 Å². The summed E-state index contributed by atoms with van der Waals surface area (Å²) in [5.74, 6) is 2.97. The zero-order chi connectivity index (χ0) is 12.3. The van der Waals surface area contributed by atoms with Gasteiger partial charge in [-0.3, -0.25) is 0 Å². The summed E-state index contributed by atoms with van der Waals surface area (Å²) in [5.41, 5.74) is 0. The molecule has 0 aromatic carbocycles. The van der Waals surface area contributed by atoms with Gasteiger partial charge in [0.05, 0.1) is 6.10 Å². The second-order valence-corrected chi connectivity index (χ2v) is 6.44. The van der Waals surface area contributed by atoms with Crippen molar-refractivity contribution < 1.29 is 9.84 Å². The van der Waals surface area contributed by atoms with E-state index in [0.29, 0.717) is 5.92 Å². The normalized spacial score (nSPS) is 36.4. The highest BCUT2D eigenvalue weighted by molar-refractivity contribution is 4.83. The zero-order valence-corrected chi connectivity index (χ0v) is 11.4. The molecule has 3 unspecified atom stereocenters. The summed E-state index contributed by atoms with van der Waals surface area (Å²) in [7, 11) is 0. The molecule has 1 aliphatic carbocycles. The van der Waals surface area contributed by atoms with Crippen molar-refractivity contribution in [1.29, 1.82) is 0 Å². The van der Waals surface area contributed by atoms with E-state index in [2.05, 4.69) is 13.8 Å². The first-order chi connectivity index (χ1) is 8.16. The first-order valence-electron chi connectivity index (χ1n) is 7.42. The van der Waals surface area contributed by atoms with E-state index >= 15 is 0 Å². The predicted octanol–water partition coefficient (Wildman–Crippen LogP) is 3.24.